The van der Waals surface area contributed by atoms with Crippen molar-refractivity contribution in [1.29, 1.82) is 10.5 Å². The number of nitriles is 2. The van der Waals surface area contributed by atoms with Gasteiger partial charge in [0.25, 0.3) is 20.1 Å². The van der Waals surface area contributed by atoms with Crippen molar-refractivity contribution < 1.29 is 14.2 Å². The minimum absolute atomic E-state index is 0.332. The number of nitrogens with one attached hydrogen (secondary N) is 1. The smallest absolute Gasteiger partial charge is 0.260 e. The van der Waals surface area contributed by atoms with E-state index < -0.39 is 0 Å². The maximum Gasteiger partial charge on any atom is 0.260 e. The summed E-state index contributed by atoms with van der Waals surface area (Å²) in [5.74, 6) is 4.19. The molecule has 6 aliphatic rings. The molecule has 11 nitrogen and oxygen atoms in total. The zero-order valence-electron chi connectivity index (χ0n) is 53.0. The molecule has 0 aliphatic carbocycles. The lowest BCUT2D eigenvalue weighted by atomic mass is 9.29. The molecule has 0 unspecified atom stereocenters. The Morgan fingerprint density at radius 2 is 0.663 bits per heavy atom. The molecule has 0 bridgehead atoms. The molecule has 13 aromatic rings. The van der Waals surface area contributed by atoms with Crippen LogP contribution in [0.2, 0.25) is 0 Å². The summed E-state index contributed by atoms with van der Waals surface area (Å²) >= 11 is 3.36. The number of anilines is 15. The second-order valence-corrected chi connectivity index (χ2v) is 26.5. The van der Waals surface area contributed by atoms with Crippen molar-refractivity contribution in [3.8, 4) is 46.6 Å². The first-order valence-electron chi connectivity index (χ1n) is 32.6. The van der Waals surface area contributed by atoms with E-state index in [0.29, 0.717) is 39.9 Å². The summed E-state index contributed by atoms with van der Waals surface area (Å²) in [4.78, 5) is 6.87. The van der Waals surface area contributed by atoms with Crippen LogP contribution in [-0.4, -0.2) is 32.6 Å². The van der Waals surface area contributed by atoms with E-state index in [1.807, 2.05) is 60.7 Å². The van der Waals surface area contributed by atoms with Crippen molar-refractivity contribution >= 4 is 179 Å². The van der Waals surface area contributed by atoms with Crippen LogP contribution in [0, 0.1) is 22.7 Å². The third-order valence-electron chi connectivity index (χ3n) is 19.7. The van der Waals surface area contributed by atoms with Gasteiger partial charge in [-0.25, -0.2) is 0 Å². The largest absolute Gasteiger partial charge is 0.458 e. The van der Waals surface area contributed by atoms with Gasteiger partial charge < -0.3 is 34.2 Å². The second-order valence-electron chi connectivity index (χ2n) is 25.0. The summed E-state index contributed by atoms with van der Waals surface area (Å²) in [6.45, 7) is -1.05. The van der Waals surface area contributed by atoms with Gasteiger partial charge in [0.2, 0.25) is 0 Å². The van der Waals surface area contributed by atoms with Crippen LogP contribution in [0.25, 0.3) is 0 Å². The van der Waals surface area contributed by atoms with Crippen molar-refractivity contribution in [2.75, 3.05) is 41.1 Å². The van der Waals surface area contributed by atoms with Gasteiger partial charge in [-0.05, 0) is 201 Å². The van der Waals surface area contributed by atoms with Gasteiger partial charge in [-0.1, -0.05) is 121 Å². The van der Waals surface area contributed by atoms with Gasteiger partial charge in [-0.15, -0.1) is 0 Å². The molecule has 0 spiro atoms. The van der Waals surface area contributed by atoms with E-state index in [1.54, 1.807) is 23.9 Å². The third kappa shape index (κ3) is 8.95. The molecule has 98 heavy (non-hydrogen) atoms. The highest BCUT2D eigenvalue weighted by atomic mass is 32.2. The van der Waals surface area contributed by atoms with Gasteiger partial charge in [0.05, 0.1) is 57.4 Å². The first-order valence-corrected chi connectivity index (χ1v) is 34.9. The molecule has 6 aliphatic heterocycles. The fourth-order valence-electron chi connectivity index (χ4n) is 15.7. The molecule has 1 N–H and O–H groups in total. The van der Waals surface area contributed by atoms with E-state index in [-0.39, 0.29) is 20.1 Å². The number of nitrogens with zero attached hydrogens (tertiary/aromatic N) is 7. The first-order chi connectivity index (χ1) is 48.4. The zero-order valence-corrected chi connectivity index (χ0v) is 54.6. The lowest BCUT2D eigenvalue weighted by Gasteiger charge is -2.45. The van der Waals surface area contributed by atoms with Crippen molar-refractivity contribution in [3.05, 3.63) is 290 Å². The summed E-state index contributed by atoms with van der Waals surface area (Å²) in [6, 6.07) is 102. The van der Waals surface area contributed by atoms with Crippen LogP contribution in [0.15, 0.2) is 279 Å². The van der Waals surface area contributed by atoms with Gasteiger partial charge in [-0.3, -0.25) is 8.61 Å². The minimum Gasteiger partial charge on any atom is -0.458 e. The van der Waals surface area contributed by atoms with E-state index in [9.17, 15) is 10.5 Å². The fourth-order valence-corrected chi connectivity index (χ4v) is 17.1. The zero-order chi connectivity index (χ0) is 65.3. The van der Waals surface area contributed by atoms with Gasteiger partial charge in [0, 0.05) is 93.4 Å². The van der Waals surface area contributed by atoms with Crippen LogP contribution in [0.4, 0.5) is 85.3 Å². The van der Waals surface area contributed by atoms with Crippen LogP contribution >= 0.6 is 23.9 Å². The number of hydrogen-bond donors (Lipinski definition) is 1. The average Bonchev–Trinajstić information content (AvgIpc) is 0.691. The van der Waals surface area contributed by atoms with Crippen LogP contribution in [-0.2, 0) is 0 Å². The molecule has 0 radical (unpaired) electrons. The Morgan fingerprint density at radius 1 is 0.306 bits per heavy atom. The van der Waals surface area contributed by atoms with Crippen molar-refractivity contribution in [2.24, 2.45) is 0 Å². The lowest BCUT2D eigenvalue weighted by Crippen LogP contribution is -2.65. The van der Waals surface area contributed by atoms with Crippen LogP contribution < -0.4 is 92.0 Å². The lowest BCUT2D eigenvalue weighted by molar-refractivity contribution is 0.465. The standard InChI is InChI=1S/C82H53B3N8O3S2/c1-97-92-70-47-68-62(83-65-37-51(49-86)33-35-74(65)94-77-42-59(39-69(88-68)80(77)83)89(53-21-9-3-10-22-53)54-23-11-4-12-24-54)45-63(70)84-64-46-67-76(48-71(64)93(98-2)73-41-60(40-72(92)81(73)84)90(55-25-13-5-14-26-55)56-27-15-6-16-28-56)96-79-44-61(91(57-29-17-7-18-30-57)58-31-19-8-20-32-58)43-78-82(79)85(67)66-38-52(50-87)34-36-75(66)95-78/h3-48,88H,1-2H3. The molecule has 0 amide bonds. The Kier molecular flexibility index (Phi) is 13.4. The molecule has 0 aromatic heterocycles. The summed E-state index contributed by atoms with van der Waals surface area (Å²) in [7, 11) is 0. The number of ether oxygens (including phenoxy) is 3. The van der Waals surface area contributed by atoms with Gasteiger partial charge in [-0.2, -0.15) is 10.5 Å². The summed E-state index contributed by atoms with van der Waals surface area (Å²) in [5.41, 5.74) is 25.1. The Balaban J connectivity index is 0.857. The van der Waals surface area contributed by atoms with Gasteiger partial charge in [0.15, 0.2) is 0 Å². The monoisotopic (exact) mass is 1290 g/mol. The Morgan fingerprint density at radius 3 is 1.09 bits per heavy atom. The number of para-hydroxylation sites is 6. The number of hydrogen-bond acceptors (Lipinski definition) is 13. The van der Waals surface area contributed by atoms with E-state index in [1.165, 1.54) is 0 Å². The topological polar surface area (TPSA) is 104 Å². The molecule has 13 aromatic carbocycles. The quantitative estimate of drug-likeness (QED) is 0.0983. The summed E-state index contributed by atoms with van der Waals surface area (Å²) in [6.07, 6.45) is 4.33. The van der Waals surface area contributed by atoms with E-state index in [2.05, 4.69) is 272 Å². The molecule has 19 rings (SSSR count). The van der Waals surface area contributed by atoms with Crippen molar-refractivity contribution in [3.63, 3.8) is 0 Å². The highest BCUT2D eigenvalue weighted by molar-refractivity contribution is 8.00. The SMILES string of the molecule is CSN1c2cc3c(cc2B2c4cc5c(cc4N(SC)c4cc(N(c6ccccc6)c6ccccc6)cc1c42)Oc1cc(N(c2ccccc2)c2ccccc2)cc2c1B5c1cc(C#N)ccc1O2)B1c2cc(C#N)ccc2Oc2cc(N(c4ccccc4)c4ccccc4)cc(c21)N3. The Labute approximate surface area is 577 Å². The number of fused-ring (bicyclic) bond motifs is 12. The first kappa shape index (κ1) is 57.4. The molecule has 0 saturated carbocycles. The maximum absolute atomic E-state index is 10.6. The normalized spacial score (nSPS) is 13.1. The molecule has 6 heterocycles. The molecule has 460 valence electrons. The van der Waals surface area contributed by atoms with E-state index in [4.69, 9.17) is 14.2 Å². The third-order valence-corrected chi connectivity index (χ3v) is 21.3. The number of rotatable bonds is 11. The molecule has 0 saturated heterocycles. The fraction of sp³-hybridized carbons (Fsp3) is 0.0244. The minimum atomic E-state index is -0.385. The maximum atomic E-state index is 10.6. The summed E-state index contributed by atoms with van der Waals surface area (Å²) < 4.78 is 26.5. The number of benzene rings is 13. The van der Waals surface area contributed by atoms with Gasteiger partial charge in [0.1, 0.15) is 34.5 Å². The molecule has 16 heteroatoms. The predicted octanol–water partition coefficient (Wildman–Crippen LogP) is 15.2. The van der Waals surface area contributed by atoms with Crippen molar-refractivity contribution in [2.45, 2.75) is 0 Å². The van der Waals surface area contributed by atoms with E-state index in [0.717, 1.165) is 140 Å². The highest BCUT2D eigenvalue weighted by Gasteiger charge is 2.49. The van der Waals surface area contributed by atoms with Crippen LogP contribution in [0.3, 0.4) is 0 Å². The molecule has 0 fully saturated rings. The van der Waals surface area contributed by atoms with Crippen molar-refractivity contribution in [1.82, 2.24) is 0 Å². The van der Waals surface area contributed by atoms with E-state index >= 15 is 0 Å². The molecular formula is C82H53B3N8O3S2. The van der Waals surface area contributed by atoms with Crippen LogP contribution in [0.5, 0.6) is 34.5 Å². The average molecular weight is 1290 g/mol. The predicted molar refractivity (Wildman–Crippen MR) is 407 cm³/mol. The van der Waals surface area contributed by atoms with Crippen LogP contribution in [0.1, 0.15) is 11.1 Å². The highest BCUT2D eigenvalue weighted by Crippen LogP contribution is 2.51. The Bertz CT molecular complexity index is 5120. The molecule has 0 atom stereocenters. The molecular weight excluding hydrogens is 1240 g/mol. The second kappa shape index (κ2) is 22.8. The van der Waals surface area contributed by atoms with Gasteiger partial charge >= 0.3 is 0 Å². The Hall–Kier alpha value is -12.1. The summed E-state index contributed by atoms with van der Waals surface area (Å²) in [5, 5.41) is 25.3.